The Morgan fingerprint density at radius 3 is 2.86 bits per heavy atom. The van der Waals surface area contributed by atoms with E-state index in [-0.39, 0.29) is 5.91 Å². The number of aromatic nitrogens is 1. The Morgan fingerprint density at radius 1 is 1.41 bits per heavy atom. The Labute approximate surface area is 144 Å². The number of piperidine rings is 1. The predicted molar refractivity (Wildman–Crippen MR) is 94.9 cm³/mol. The van der Waals surface area contributed by atoms with Crippen LogP contribution in [-0.2, 0) is 4.79 Å². The van der Waals surface area contributed by atoms with Crippen molar-refractivity contribution >= 4 is 50.8 Å². The van der Waals surface area contributed by atoms with E-state index in [1.165, 1.54) is 18.2 Å². The van der Waals surface area contributed by atoms with Crippen LogP contribution in [0.1, 0.15) is 20.3 Å². The molecule has 0 spiro atoms. The van der Waals surface area contributed by atoms with Crippen LogP contribution in [0.3, 0.4) is 0 Å². The van der Waals surface area contributed by atoms with Crippen LogP contribution in [-0.4, -0.2) is 34.6 Å². The summed E-state index contributed by atoms with van der Waals surface area (Å²) in [5, 5.41) is 0.696. The lowest BCUT2D eigenvalue weighted by molar-refractivity contribution is -0.130. The third-order valence-electron chi connectivity index (χ3n) is 3.87. The van der Waals surface area contributed by atoms with Gasteiger partial charge in [0.2, 0.25) is 5.91 Å². The lowest BCUT2D eigenvalue weighted by Crippen LogP contribution is -2.43. The molecule has 3 nitrogen and oxygen atoms in total. The average Bonchev–Trinajstić information content (AvgIpc) is 2.85. The zero-order valence-electron chi connectivity index (χ0n) is 12.7. The minimum atomic E-state index is 0.223. The van der Waals surface area contributed by atoms with Gasteiger partial charge >= 0.3 is 0 Å². The quantitative estimate of drug-likeness (QED) is 0.758. The number of thioether (sulfide) groups is 1. The predicted octanol–water partition coefficient (Wildman–Crippen LogP) is 4.55. The van der Waals surface area contributed by atoms with Crippen molar-refractivity contribution in [3.05, 3.63) is 23.2 Å². The van der Waals surface area contributed by atoms with Gasteiger partial charge in [-0.1, -0.05) is 37.2 Å². The van der Waals surface area contributed by atoms with Crippen LogP contribution in [0.5, 0.6) is 0 Å². The van der Waals surface area contributed by atoms with Crippen molar-refractivity contribution in [2.45, 2.75) is 24.6 Å². The third-order valence-corrected chi connectivity index (χ3v) is 6.27. The van der Waals surface area contributed by atoms with Crippen molar-refractivity contribution in [2.75, 3.05) is 18.8 Å². The second-order valence-electron chi connectivity index (χ2n) is 6.13. The van der Waals surface area contributed by atoms with Crippen molar-refractivity contribution in [3.8, 4) is 0 Å². The lowest BCUT2D eigenvalue weighted by Gasteiger charge is -2.34. The van der Waals surface area contributed by atoms with Crippen molar-refractivity contribution < 1.29 is 4.79 Å². The molecule has 1 aromatic carbocycles. The molecule has 1 fully saturated rings. The van der Waals surface area contributed by atoms with E-state index in [2.05, 4.69) is 18.8 Å². The van der Waals surface area contributed by atoms with Gasteiger partial charge in [-0.05, 0) is 36.5 Å². The fourth-order valence-electron chi connectivity index (χ4n) is 3.02. The maximum atomic E-state index is 12.4. The number of likely N-dealkylation sites (tertiary alicyclic amines) is 1. The summed E-state index contributed by atoms with van der Waals surface area (Å²) in [7, 11) is 0. The molecule has 22 heavy (non-hydrogen) atoms. The molecule has 0 N–H and O–H groups in total. The Bertz CT molecular complexity index is 678. The molecule has 118 valence electrons. The van der Waals surface area contributed by atoms with E-state index in [9.17, 15) is 4.79 Å². The Balaban J connectivity index is 1.62. The number of amides is 1. The molecule has 0 saturated carbocycles. The number of hydrogen-bond donors (Lipinski definition) is 0. The van der Waals surface area contributed by atoms with Crippen LogP contribution in [0.4, 0.5) is 0 Å². The van der Waals surface area contributed by atoms with Gasteiger partial charge in [-0.3, -0.25) is 4.79 Å². The number of benzene rings is 1. The zero-order valence-corrected chi connectivity index (χ0v) is 15.1. The molecule has 1 amide bonds. The van der Waals surface area contributed by atoms with Crippen LogP contribution >= 0.6 is 34.7 Å². The molecular formula is C16H19ClN2OS2. The molecule has 2 unspecified atom stereocenters. The van der Waals surface area contributed by atoms with Gasteiger partial charge in [-0.15, -0.1) is 11.3 Å². The summed E-state index contributed by atoms with van der Waals surface area (Å²) in [5.41, 5.74) is 0.910. The first kappa shape index (κ1) is 16.1. The minimum absolute atomic E-state index is 0.223. The van der Waals surface area contributed by atoms with Crippen LogP contribution in [0.2, 0.25) is 5.02 Å². The number of halogens is 1. The van der Waals surface area contributed by atoms with Gasteiger partial charge in [0.25, 0.3) is 0 Å². The highest BCUT2D eigenvalue weighted by molar-refractivity contribution is 8.01. The van der Waals surface area contributed by atoms with Gasteiger partial charge in [-0.2, -0.15) is 0 Å². The van der Waals surface area contributed by atoms with E-state index in [1.807, 2.05) is 23.1 Å². The van der Waals surface area contributed by atoms with Crippen molar-refractivity contribution in [1.82, 2.24) is 9.88 Å². The molecule has 2 atom stereocenters. The molecule has 0 bridgehead atoms. The number of fused-ring (bicyclic) bond motifs is 1. The molecule has 1 aromatic heterocycles. The first-order chi connectivity index (χ1) is 10.5. The molecule has 0 radical (unpaired) electrons. The zero-order chi connectivity index (χ0) is 15.7. The number of thiazole rings is 1. The van der Waals surface area contributed by atoms with E-state index in [1.54, 1.807) is 11.3 Å². The normalized spacial score (nSPS) is 22.2. The second-order valence-corrected chi connectivity index (χ2v) is 8.81. The summed E-state index contributed by atoms with van der Waals surface area (Å²) >= 11 is 9.13. The summed E-state index contributed by atoms with van der Waals surface area (Å²) in [5.74, 6) is 1.89. The smallest absolute Gasteiger partial charge is 0.233 e. The third kappa shape index (κ3) is 3.76. The number of rotatable bonds is 3. The average molecular weight is 355 g/mol. The first-order valence-corrected chi connectivity index (χ1v) is 9.66. The molecule has 3 rings (SSSR count). The fourth-order valence-corrected chi connectivity index (χ4v) is 5.14. The number of carbonyl (C=O) groups is 1. The monoisotopic (exact) mass is 354 g/mol. The van der Waals surface area contributed by atoms with E-state index in [0.717, 1.165) is 27.6 Å². The highest BCUT2D eigenvalue weighted by atomic mass is 35.5. The maximum absolute atomic E-state index is 12.4. The van der Waals surface area contributed by atoms with Gasteiger partial charge in [0.05, 0.1) is 16.0 Å². The van der Waals surface area contributed by atoms with E-state index >= 15 is 0 Å². The lowest BCUT2D eigenvalue weighted by atomic mass is 9.92. The molecule has 2 aromatic rings. The summed E-state index contributed by atoms with van der Waals surface area (Å²) in [6, 6.07) is 5.72. The molecule has 2 heterocycles. The van der Waals surface area contributed by atoms with Crippen molar-refractivity contribution in [3.63, 3.8) is 0 Å². The summed E-state index contributed by atoms with van der Waals surface area (Å²) in [4.78, 5) is 18.9. The second kappa shape index (κ2) is 6.77. The highest BCUT2D eigenvalue weighted by Crippen LogP contribution is 2.31. The first-order valence-electron chi connectivity index (χ1n) is 7.48. The molecule has 0 aliphatic carbocycles. The van der Waals surface area contributed by atoms with E-state index in [4.69, 9.17) is 11.6 Å². The number of carbonyl (C=O) groups excluding carboxylic acids is 1. The van der Waals surface area contributed by atoms with Gasteiger partial charge in [0.1, 0.15) is 0 Å². The van der Waals surface area contributed by atoms with Crippen LogP contribution in [0.25, 0.3) is 10.2 Å². The molecular weight excluding hydrogens is 336 g/mol. The van der Waals surface area contributed by atoms with Crippen molar-refractivity contribution in [2.24, 2.45) is 11.8 Å². The number of hydrogen-bond acceptors (Lipinski definition) is 4. The fraction of sp³-hybridized carbons (Fsp3) is 0.500. The number of nitrogens with zero attached hydrogens (tertiary/aromatic N) is 2. The standard InChI is InChI=1S/C16H19ClN2OS2/c1-10-5-11(2)8-19(7-10)15(20)9-21-16-18-13-6-12(17)3-4-14(13)22-16/h3-4,6,10-11H,5,7-9H2,1-2H3. The highest BCUT2D eigenvalue weighted by Gasteiger charge is 2.25. The van der Waals surface area contributed by atoms with Crippen LogP contribution in [0, 0.1) is 11.8 Å². The Morgan fingerprint density at radius 2 is 2.14 bits per heavy atom. The topological polar surface area (TPSA) is 33.2 Å². The summed E-state index contributed by atoms with van der Waals surface area (Å²) in [6.07, 6.45) is 1.22. The van der Waals surface area contributed by atoms with Gasteiger partial charge in [-0.25, -0.2) is 4.98 Å². The van der Waals surface area contributed by atoms with E-state index < -0.39 is 0 Å². The molecule has 1 aliphatic rings. The van der Waals surface area contributed by atoms with Crippen LogP contribution in [0.15, 0.2) is 22.5 Å². The largest absolute Gasteiger partial charge is 0.341 e. The van der Waals surface area contributed by atoms with E-state index in [0.29, 0.717) is 22.6 Å². The molecule has 1 aliphatic heterocycles. The summed E-state index contributed by atoms with van der Waals surface area (Å²) in [6.45, 7) is 6.22. The minimum Gasteiger partial charge on any atom is -0.341 e. The molecule has 6 heteroatoms. The Hall–Kier alpha value is -0.780. The van der Waals surface area contributed by atoms with Crippen molar-refractivity contribution in [1.29, 1.82) is 0 Å². The maximum Gasteiger partial charge on any atom is 0.233 e. The SMILES string of the molecule is CC1CC(C)CN(C(=O)CSc2nc3cc(Cl)ccc3s2)C1. The van der Waals surface area contributed by atoms with Crippen LogP contribution < -0.4 is 0 Å². The van der Waals surface area contributed by atoms with Gasteiger partial charge in [0, 0.05) is 18.1 Å². The summed E-state index contributed by atoms with van der Waals surface area (Å²) < 4.78 is 2.04. The molecule has 1 saturated heterocycles. The Kier molecular flexibility index (Phi) is 4.95. The van der Waals surface area contributed by atoms with Gasteiger partial charge < -0.3 is 4.90 Å². The van der Waals surface area contributed by atoms with Gasteiger partial charge in [0.15, 0.2) is 4.34 Å².